The number of hydrogen-bond donors (Lipinski definition) is 1. The molecule has 16 heavy (non-hydrogen) atoms. The van der Waals surface area contributed by atoms with E-state index in [0.717, 1.165) is 36.9 Å². The van der Waals surface area contributed by atoms with Gasteiger partial charge in [-0.1, -0.05) is 0 Å². The fourth-order valence-corrected chi connectivity index (χ4v) is 1.67. The van der Waals surface area contributed by atoms with Gasteiger partial charge in [0.1, 0.15) is 11.9 Å². The van der Waals surface area contributed by atoms with Gasteiger partial charge in [0.2, 0.25) is 0 Å². The molecule has 0 aliphatic carbocycles. The zero-order valence-electron chi connectivity index (χ0n) is 9.40. The van der Waals surface area contributed by atoms with Gasteiger partial charge in [0.25, 0.3) is 0 Å². The Morgan fingerprint density at radius 3 is 2.62 bits per heavy atom. The lowest BCUT2D eigenvalue weighted by atomic mass is 10.2. The van der Waals surface area contributed by atoms with E-state index in [4.69, 9.17) is 4.74 Å². The zero-order chi connectivity index (χ0) is 9.97. The Bertz CT molecular complexity index is 310. The minimum absolute atomic E-state index is 0. The number of halogens is 2. The van der Waals surface area contributed by atoms with Crippen LogP contribution in [0.5, 0.6) is 0 Å². The topological polar surface area (TPSA) is 47.0 Å². The fraction of sp³-hybridized carbons (Fsp3) is 0.600. The molecule has 0 radical (unpaired) electrons. The molecule has 1 aliphatic rings. The first-order valence-electron chi connectivity index (χ1n) is 4.90. The molecule has 6 heteroatoms. The quantitative estimate of drug-likeness (QED) is 0.838. The summed E-state index contributed by atoms with van der Waals surface area (Å²) in [6, 6.07) is 1.99. The molecular formula is C10H17Cl2N3O. The monoisotopic (exact) mass is 265 g/mol. The Labute approximate surface area is 108 Å². The third kappa shape index (κ3) is 3.87. The number of aryl methyl sites for hydroxylation is 2. The first-order valence-corrected chi connectivity index (χ1v) is 4.90. The van der Waals surface area contributed by atoms with Crippen LogP contribution in [-0.2, 0) is 4.74 Å². The number of nitrogens with one attached hydrogen (secondary N) is 1. The minimum Gasteiger partial charge on any atom is -0.369 e. The third-order valence-electron chi connectivity index (χ3n) is 2.24. The molecule has 2 rings (SSSR count). The van der Waals surface area contributed by atoms with Gasteiger partial charge < -0.3 is 10.1 Å². The van der Waals surface area contributed by atoms with Crippen molar-refractivity contribution in [1.82, 2.24) is 15.3 Å². The molecule has 0 saturated carbocycles. The molecule has 1 aliphatic heterocycles. The average molecular weight is 266 g/mol. The van der Waals surface area contributed by atoms with Gasteiger partial charge in [0.15, 0.2) is 0 Å². The molecule has 2 heterocycles. The van der Waals surface area contributed by atoms with Gasteiger partial charge in [-0.05, 0) is 19.9 Å². The van der Waals surface area contributed by atoms with E-state index in [1.807, 2.05) is 19.9 Å². The average Bonchev–Trinajstić information content (AvgIpc) is 2.18. The lowest BCUT2D eigenvalue weighted by Crippen LogP contribution is -2.33. The van der Waals surface area contributed by atoms with Crippen molar-refractivity contribution in [3.8, 4) is 0 Å². The molecule has 0 amide bonds. The second-order valence-corrected chi connectivity index (χ2v) is 3.54. The Kier molecular flexibility index (Phi) is 6.83. The lowest BCUT2D eigenvalue weighted by Gasteiger charge is -2.23. The largest absolute Gasteiger partial charge is 0.369 e. The first kappa shape index (κ1) is 15.6. The molecule has 1 unspecified atom stereocenters. The number of aromatic nitrogens is 2. The van der Waals surface area contributed by atoms with Crippen molar-refractivity contribution in [3.63, 3.8) is 0 Å². The van der Waals surface area contributed by atoms with E-state index in [1.54, 1.807) is 0 Å². The van der Waals surface area contributed by atoms with Crippen LogP contribution in [0.4, 0.5) is 0 Å². The van der Waals surface area contributed by atoms with Crippen LogP contribution in [-0.4, -0.2) is 29.7 Å². The van der Waals surface area contributed by atoms with Gasteiger partial charge in [-0.3, -0.25) is 0 Å². The molecule has 1 N–H and O–H groups in total. The van der Waals surface area contributed by atoms with Crippen LogP contribution in [0.3, 0.4) is 0 Å². The molecule has 1 fully saturated rings. The maximum absolute atomic E-state index is 5.62. The lowest BCUT2D eigenvalue weighted by molar-refractivity contribution is 0.0248. The SMILES string of the molecule is Cc1cc(C2CNCCO2)nc(C)n1.Cl.Cl. The molecule has 1 aromatic rings. The molecule has 0 bridgehead atoms. The summed E-state index contributed by atoms with van der Waals surface area (Å²) in [7, 11) is 0. The second kappa shape index (κ2) is 7.01. The van der Waals surface area contributed by atoms with Crippen molar-refractivity contribution < 1.29 is 4.74 Å². The number of nitrogens with zero attached hydrogens (tertiary/aromatic N) is 2. The summed E-state index contributed by atoms with van der Waals surface area (Å²) < 4.78 is 5.62. The molecule has 1 saturated heterocycles. The van der Waals surface area contributed by atoms with Crippen molar-refractivity contribution in [2.75, 3.05) is 19.7 Å². The van der Waals surface area contributed by atoms with Crippen LogP contribution in [0.1, 0.15) is 23.3 Å². The molecule has 1 aromatic heterocycles. The van der Waals surface area contributed by atoms with Crippen molar-refractivity contribution in [3.05, 3.63) is 23.3 Å². The van der Waals surface area contributed by atoms with Crippen molar-refractivity contribution in [2.45, 2.75) is 20.0 Å². The van der Waals surface area contributed by atoms with Gasteiger partial charge in [-0.15, -0.1) is 24.8 Å². The van der Waals surface area contributed by atoms with E-state index >= 15 is 0 Å². The van der Waals surface area contributed by atoms with E-state index in [-0.39, 0.29) is 30.9 Å². The van der Waals surface area contributed by atoms with Crippen LogP contribution < -0.4 is 5.32 Å². The number of ether oxygens (including phenoxy) is 1. The van der Waals surface area contributed by atoms with Crippen LogP contribution in [0.15, 0.2) is 6.07 Å². The fourth-order valence-electron chi connectivity index (χ4n) is 1.67. The van der Waals surface area contributed by atoms with E-state index in [9.17, 15) is 0 Å². The number of morpholine rings is 1. The highest BCUT2D eigenvalue weighted by molar-refractivity contribution is 5.85. The minimum atomic E-state index is 0. The highest BCUT2D eigenvalue weighted by atomic mass is 35.5. The Balaban J connectivity index is 0.00000112. The van der Waals surface area contributed by atoms with Gasteiger partial charge in [-0.25, -0.2) is 9.97 Å². The summed E-state index contributed by atoms with van der Waals surface area (Å²) in [5.41, 5.74) is 1.99. The molecule has 1 atom stereocenters. The van der Waals surface area contributed by atoms with Crippen LogP contribution in [0, 0.1) is 13.8 Å². The highest BCUT2D eigenvalue weighted by Gasteiger charge is 2.17. The molecule has 4 nitrogen and oxygen atoms in total. The molecule has 0 aromatic carbocycles. The second-order valence-electron chi connectivity index (χ2n) is 3.54. The van der Waals surface area contributed by atoms with Gasteiger partial charge in [0.05, 0.1) is 12.3 Å². The summed E-state index contributed by atoms with van der Waals surface area (Å²) in [6.45, 7) is 6.42. The van der Waals surface area contributed by atoms with Gasteiger partial charge in [0, 0.05) is 18.8 Å². The summed E-state index contributed by atoms with van der Waals surface area (Å²) in [6.07, 6.45) is 0.0872. The van der Waals surface area contributed by atoms with E-state index in [0.29, 0.717) is 0 Å². The van der Waals surface area contributed by atoms with E-state index < -0.39 is 0 Å². The van der Waals surface area contributed by atoms with E-state index in [1.165, 1.54) is 0 Å². The zero-order valence-corrected chi connectivity index (χ0v) is 11.0. The third-order valence-corrected chi connectivity index (χ3v) is 2.24. The summed E-state index contributed by atoms with van der Waals surface area (Å²) in [5, 5.41) is 3.29. The van der Waals surface area contributed by atoms with Crippen LogP contribution >= 0.6 is 24.8 Å². The van der Waals surface area contributed by atoms with E-state index in [2.05, 4.69) is 15.3 Å². The normalized spacial score (nSPS) is 19.5. The maximum Gasteiger partial charge on any atom is 0.125 e. The number of rotatable bonds is 1. The Hall–Kier alpha value is -0.420. The Morgan fingerprint density at radius 1 is 1.31 bits per heavy atom. The van der Waals surface area contributed by atoms with Crippen molar-refractivity contribution in [1.29, 1.82) is 0 Å². The molecule has 0 spiro atoms. The van der Waals surface area contributed by atoms with Gasteiger partial charge in [-0.2, -0.15) is 0 Å². The highest BCUT2D eigenvalue weighted by Crippen LogP contribution is 2.16. The molecular weight excluding hydrogens is 249 g/mol. The maximum atomic E-state index is 5.62. The van der Waals surface area contributed by atoms with Crippen molar-refractivity contribution >= 4 is 24.8 Å². The van der Waals surface area contributed by atoms with Gasteiger partial charge >= 0.3 is 0 Å². The van der Waals surface area contributed by atoms with Crippen molar-refractivity contribution in [2.24, 2.45) is 0 Å². The number of hydrogen-bond acceptors (Lipinski definition) is 4. The Morgan fingerprint density at radius 2 is 2.06 bits per heavy atom. The summed E-state index contributed by atoms with van der Waals surface area (Å²) in [5.74, 6) is 0.814. The predicted octanol–water partition coefficient (Wildman–Crippen LogP) is 1.60. The molecule has 92 valence electrons. The van der Waals surface area contributed by atoms with Crippen LogP contribution in [0.25, 0.3) is 0 Å². The summed E-state index contributed by atoms with van der Waals surface area (Å²) in [4.78, 5) is 8.62. The first-order chi connectivity index (χ1) is 6.75. The predicted molar refractivity (Wildman–Crippen MR) is 67.6 cm³/mol. The van der Waals surface area contributed by atoms with Crippen LogP contribution in [0.2, 0.25) is 0 Å². The smallest absolute Gasteiger partial charge is 0.125 e. The standard InChI is InChI=1S/C10H15N3O.2ClH/c1-7-5-9(13-8(2)12-7)10-6-11-3-4-14-10;;/h5,10-11H,3-4,6H2,1-2H3;2*1H. The summed E-state index contributed by atoms with van der Waals surface area (Å²) >= 11 is 0.